The number of rotatable bonds is 2. The summed E-state index contributed by atoms with van der Waals surface area (Å²) in [7, 11) is 0. The average molecular weight is 231 g/mol. The van der Waals surface area contributed by atoms with Gasteiger partial charge in [0.05, 0.1) is 0 Å². The van der Waals surface area contributed by atoms with Crippen LogP contribution in [0.4, 0.5) is 0 Å². The number of hydrogen-bond acceptors (Lipinski definition) is 4. The second-order valence-electron chi connectivity index (χ2n) is 4.57. The lowest BCUT2D eigenvalue weighted by Crippen LogP contribution is -2.32. The lowest BCUT2D eigenvalue weighted by molar-refractivity contribution is 0.140. The van der Waals surface area contributed by atoms with Crippen molar-refractivity contribution in [1.82, 2.24) is 4.98 Å². The van der Waals surface area contributed by atoms with Crippen LogP contribution >= 0.6 is 0 Å². The lowest BCUT2D eigenvalue weighted by atomic mass is 9.94. The molecule has 0 amide bonds. The van der Waals surface area contributed by atoms with Gasteiger partial charge in [-0.25, -0.2) is 4.98 Å². The summed E-state index contributed by atoms with van der Waals surface area (Å²) in [6, 6.07) is 4.27. The van der Waals surface area contributed by atoms with Crippen LogP contribution in [0.3, 0.4) is 0 Å². The molecule has 1 aliphatic carbocycles. The number of aryl methyl sites for hydroxylation is 1. The van der Waals surface area contributed by atoms with E-state index in [-0.39, 0.29) is 6.10 Å². The van der Waals surface area contributed by atoms with Crippen molar-refractivity contribution in [3.63, 3.8) is 0 Å². The van der Waals surface area contributed by atoms with E-state index in [1.165, 1.54) is 0 Å². The van der Waals surface area contributed by atoms with Gasteiger partial charge in [-0.1, -0.05) is 0 Å². The summed E-state index contributed by atoms with van der Waals surface area (Å²) in [4.78, 5) is 4.15. The highest BCUT2D eigenvalue weighted by Gasteiger charge is 2.21. The van der Waals surface area contributed by atoms with Gasteiger partial charge in [-0.3, -0.25) is 0 Å². The Morgan fingerprint density at radius 3 is 2.76 bits per heavy atom. The predicted octanol–water partition coefficient (Wildman–Crippen LogP) is 1.91. The van der Waals surface area contributed by atoms with Gasteiger partial charge in [0.1, 0.15) is 17.7 Å². The van der Waals surface area contributed by atoms with Crippen molar-refractivity contribution in [3.05, 3.63) is 23.4 Å². The molecule has 1 aromatic heterocycles. The third-order valence-corrected chi connectivity index (χ3v) is 3.23. The van der Waals surface area contributed by atoms with E-state index in [0.717, 1.165) is 31.2 Å². The summed E-state index contributed by atoms with van der Waals surface area (Å²) < 4.78 is 5.82. The Hall–Kier alpha value is -1.60. The molecule has 0 saturated heterocycles. The highest BCUT2D eigenvalue weighted by molar-refractivity contribution is 5.43. The Balaban J connectivity index is 2.09. The first-order chi connectivity index (χ1) is 8.20. The first kappa shape index (κ1) is 11.9. The molecule has 0 aromatic carbocycles. The summed E-state index contributed by atoms with van der Waals surface area (Å²) >= 11 is 0. The van der Waals surface area contributed by atoms with E-state index >= 15 is 0 Å². The van der Waals surface area contributed by atoms with Gasteiger partial charge in [0.25, 0.3) is 0 Å². The summed E-state index contributed by atoms with van der Waals surface area (Å²) in [5.41, 5.74) is 7.30. The topological polar surface area (TPSA) is 71.9 Å². The van der Waals surface area contributed by atoms with E-state index in [2.05, 4.69) is 11.1 Å². The highest BCUT2D eigenvalue weighted by Crippen LogP contribution is 2.25. The van der Waals surface area contributed by atoms with Gasteiger partial charge in [0.2, 0.25) is 5.88 Å². The molecule has 0 spiro atoms. The van der Waals surface area contributed by atoms with E-state index in [9.17, 15) is 0 Å². The maximum atomic E-state index is 9.08. The maximum absolute atomic E-state index is 9.08. The molecule has 2 rings (SSSR count). The van der Waals surface area contributed by atoms with Crippen LogP contribution in [0.5, 0.6) is 5.88 Å². The molecule has 1 aliphatic rings. The maximum Gasteiger partial charge on any atom is 0.232 e. The lowest BCUT2D eigenvalue weighted by Gasteiger charge is -2.26. The number of aromatic nitrogens is 1. The van der Waals surface area contributed by atoms with E-state index in [0.29, 0.717) is 17.5 Å². The fourth-order valence-electron chi connectivity index (χ4n) is 2.12. The molecule has 17 heavy (non-hydrogen) atoms. The molecule has 0 radical (unpaired) electrons. The normalized spacial score (nSPS) is 24.1. The Morgan fingerprint density at radius 1 is 1.41 bits per heavy atom. The summed E-state index contributed by atoms with van der Waals surface area (Å²) in [6.07, 6.45) is 5.69. The number of nitriles is 1. The number of nitrogens with two attached hydrogens (primary N) is 1. The van der Waals surface area contributed by atoms with Crippen molar-refractivity contribution >= 4 is 0 Å². The van der Waals surface area contributed by atoms with E-state index in [4.69, 9.17) is 15.7 Å². The highest BCUT2D eigenvalue weighted by atomic mass is 16.5. The molecule has 1 saturated carbocycles. The zero-order chi connectivity index (χ0) is 12.3. The van der Waals surface area contributed by atoms with Gasteiger partial charge in [-0.05, 0) is 44.2 Å². The Kier molecular flexibility index (Phi) is 3.60. The molecule has 0 bridgehead atoms. The Labute approximate surface area is 101 Å². The molecule has 4 nitrogen and oxygen atoms in total. The second-order valence-corrected chi connectivity index (χ2v) is 4.57. The molecule has 2 N–H and O–H groups in total. The molecule has 4 heteroatoms. The van der Waals surface area contributed by atoms with Crippen molar-refractivity contribution in [2.75, 3.05) is 0 Å². The standard InChI is InChI=1S/C13H17N3O/c1-9-6-7-16-13(12(9)8-14)17-11-4-2-10(15)3-5-11/h6-7,10-11H,2-5,15H2,1H3. The third kappa shape index (κ3) is 2.75. The van der Waals surface area contributed by atoms with Crippen LogP contribution in [-0.4, -0.2) is 17.1 Å². The van der Waals surface area contributed by atoms with Crippen LogP contribution in [0, 0.1) is 18.3 Å². The Bertz CT molecular complexity index is 431. The minimum Gasteiger partial charge on any atom is -0.473 e. The summed E-state index contributed by atoms with van der Waals surface area (Å²) in [5.74, 6) is 0.466. The van der Waals surface area contributed by atoms with Crippen LogP contribution in [0.25, 0.3) is 0 Å². The zero-order valence-electron chi connectivity index (χ0n) is 10.0. The molecular weight excluding hydrogens is 214 g/mol. The largest absolute Gasteiger partial charge is 0.473 e. The van der Waals surface area contributed by atoms with Crippen molar-refractivity contribution in [1.29, 1.82) is 5.26 Å². The number of hydrogen-bond donors (Lipinski definition) is 1. The average Bonchev–Trinajstić information content (AvgIpc) is 2.32. The van der Waals surface area contributed by atoms with Crippen molar-refractivity contribution < 1.29 is 4.74 Å². The Morgan fingerprint density at radius 2 is 2.12 bits per heavy atom. The quantitative estimate of drug-likeness (QED) is 0.843. The van der Waals surface area contributed by atoms with Crippen molar-refractivity contribution in [2.45, 2.75) is 44.8 Å². The van der Waals surface area contributed by atoms with Crippen molar-refractivity contribution in [3.8, 4) is 11.9 Å². The second kappa shape index (κ2) is 5.15. The first-order valence-electron chi connectivity index (χ1n) is 5.98. The summed E-state index contributed by atoms with van der Waals surface area (Å²) in [6.45, 7) is 1.89. The number of nitrogens with zero attached hydrogens (tertiary/aromatic N) is 2. The molecule has 0 aliphatic heterocycles. The van der Waals surface area contributed by atoms with Gasteiger partial charge in [0, 0.05) is 12.2 Å². The smallest absolute Gasteiger partial charge is 0.232 e. The van der Waals surface area contributed by atoms with E-state index < -0.39 is 0 Å². The third-order valence-electron chi connectivity index (χ3n) is 3.23. The molecule has 90 valence electrons. The fourth-order valence-corrected chi connectivity index (χ4v) is 2.12. The van der Waals surface area contributed by atoms with Crippen LogP contribution in [-0.2, 0) is 0 Å². The number of ether oxygens (including phenoxy) is 1. The van der Waals surface area contributed by atoms with Gasteiger partial charge < -0.3 is 10.5 Å². The predicted molar refractivity (Wildman–Crippen MR) is 64.5 cm³/mol. The van der Waals surface area contributed by atoms with Crippen molar-refractivity contribution in [2.24, 2.45) is 5.73 Å². The van der Waals surface area contributed by atoms with Gasteiger partial charge in [0.15, 0.2) is 0 Å². The molecule has 1 fully saturated rings. The van der Waals surface area contributed by atoms with Gasteiger partial charge in [-0.15, -0.1) is 0 Å². The number of pyridine rings is 1. The molecule has 0 unspecified atom stereocenters. The van der Waals surface area contributed by atoms with Crippen LogP contribution in [0.2, 0.25) is 0 Å². The van der Waals surface area contributed by atoms with Gasteiger partial charge in [-0.2, -0.15) is 5.26 Å². The fraction of sp³-hybridized carbons (Fsp3) is 0.538. The van der Waals surface area contributed by atoms with Crippen LogP contribution in [0.1, 0.15) is 36.8 Å². The molecular formula is C13H17N3O. The van der Waals surface area contributed by atoms with Gasteiger partial charge >= 0.3 is 0 Å². The van der Waals surface area contributed by atoms with Crippen LogP contribution in [0.15, 0.2) is 12.3 Å². The molecule has 1 heterocycles. The SMILES string of the molecule is Cc1ccnc(OC2CCC(N)CC2)c1C#N. The molecule has 1 aromatic rings. The van der Waals surface area contributed by atoms with E-state index in [1.807, 2.05) is 13.0 Å². The molecule has 0 atom stereocenters. The minimum absolute atomic E-state index is 0.149. The zero-order valence-corrected chi connectivity index (χ0v) is 10.0. The van der Waals surface area contributed by atoms with E-state index in [1.54, 1.807) is 6.20 Å². The minimum atomic E-state index is 0.149. The monoisotopic (exact) mass is 231 g/mol. The van der Waals surface area contributed by atoms with Crippen LogP contribution < -0.4 is 10.5 Å². The summed E-state index contributed by atoms with van der Waals surface area (Å²) in [5, 5.41) is 9.08. The first-order valence-corrected chi connectivity index (χ1v) is 5.98.